The van der Waals surface area contributed by atoms with Crippen LogP contribution in [0.4, 0.5) is 27.2 Å². The second-order valence-electron chi connectivity index (χ2n) is 20.3. The number of fused-ring (bicyclic) bond motifs is 4. The van der Waals surface area contributed by atoms with Gasteiger partial charge < -0.3 is 45.0 Å². The molecule has 67 heavy (non-hydrogen) atoms. The lowest BCUT2D eigenvalue weighted by Gasteiger charge is -2.38. The van der Waals surface area contributed by atoms with Crippen molar-refractivity contribution >= 4 is 24.0 Å². The van der Waals surface area contributed by atoms with Gasteiger partial charge in [0.05, 0.1) is 55.7 Å². The Balaban J connectivity index is 0.713. The normalized spacial score (nSPS) is 34.8. The Morgan fingerprint density at radius 1 is 0.642 bits per heavy atom. The number of aliphatic hydroxyl groups is 1. The first kappa shape index (κ1) is 42.4. The molecule has 12 rings (SSSR count). The molecule has 2 aromatic carbocycles. The minimum absolute atomic E-state index is 0.00702. The van der Waals surface area contributed by atoms with Gasteiger partial charge in [-0.1, -0.05) is 48.5 Å². The van der Waals surface area contributed by atoms with Crippen molar-refractivity contribution in [1.82, 2.24) is 40.4 Å². The van der Waals surface area contributed by atoms with Gasteiger partial charge in [0.1, 0.15) is 23.7 Å². The fourth-order valence-corrected chi connectivity index (χ4v) is 12.7. The maximum Gasteiger partial charge on any atom is 0.407 e. The molecule has 8 aliphatic rings. The molecule has 8 fully saturated rings. The molecular formula is C48H50F4N8O7. The summed E-state index contributed by atoms with van der Waals surface area (Å²) in [6.45, 7) is 0. The Labute approximate surface area is 381 Å². The van der Waals surface area contributed by atoms with Crippen LogP contribution in [0.2, 0.25) is 0 Å². The van der Waals surface area contributed by atoms with Gasteiger partial charge in [0.15, 0.2) is 0 Å². The Kier molecular flexibility index (Phi) is 9.34. The van der Waals surface area contributed by atoms with E-state index in [9.17, 15) is 41.8 Å². The van der Waals surface area contributed by atoms with Crippen molar-refractivity contribution in [3.63, 3.8) is 0 Å². The molecule has 4 amide bonds. The summed E-state index contributed by atoms with van der Waals surface area (Å²) in [7, 11) is 2.36. The standard InChI is InChI=1S/C48H50F4N8O7/c1-66-44(63)57-38(27-11-28-29(12-27)47(28,49)50)42(61)59-34-13-25(34)15-36(59)40-53-19-32(55-40)23-7-3-21(4-8-23)22-5-9-24(10-6-22)33-20-54-41(56-33)37-16-26-14-35(26)60(37)43(62)39(58-45(64)67-2)46(65)17-30-31(18-46)48(30,51)52/h3-10,19-20,25-31,34-39,65H,11-18H2,1-2H3,(H,53,55)(H,54,56)(H,57,63)(H,58,64)/t25-,26-,27?,28-,29+,30-,31+,34-,35-,36+,37+,38?,39?,46?/m1/s1. The number of halogens is 4. The smallest absolute Gasteiger partial charge is 0.407 e. The number of methoxy groups -OCH3 is 2. The molecule has 2 aromatic heterocycles. The fraction of sp³-hybridized carbons (Fsp3) is 0.542. The quantitative estimate of drug-likeness (QED) is 0.103. The minimum atomic E-state index is -2.88. The molecule has 0 radical (unpaired) electrons. The van der Waals surface area contributed by atoms with Crippen molar-refractivity contribution in [2.24, 2.45) is 41.4 Å². The first-order valence-corrected chi connectivity index (χ1v) is 23.2. The number of ether oxygens (including phenoxy) is 2. The van der Waals surface area contributed by atoms with Crippen LogP contribution >= 0.6 is 0 Å². The van der Waals surface area contributed by atoms with Crippen LogP contribution < -0.4 is 10.6 Å². The molecule has 6 aliphatic carbocycles. The number of piperidine rings is 2. The van der Waals surface area contributed by atoms with E-state index in [4.69, 9.17) is 14.5 Å². The summed E-state index contributed by atoms with van der Waals surface area (Å²) in [6, 6.07) is 12.6. The van der Waals surface area contributed by atoms with Crippen molar-refractivity contribution in [1.29, 1.82) is 0 Å². The topological polar surface area (TPSA) is 195 Å². The second-order valence-corrected chi connectivity index (χ2v) is 20.3. The number of alkyl carbamates (subject to hydrolysis) is 2. The number of hydrogen-bond acceptors (Lipinski definition) is 9. The number of nitrogens with one attached hydrogen (secondary N) is 4. The average Bonchev–Trinajstić information content (AvgIpc) is 4.02. The highest BCUT2D eigenvalue weighted by Crippen LogP contribution is 2.68. The number of hydrogen-bond donors (Lipinski definition) is 5. The Hall–Kier alpha value is -5.98. The number of carbonyl (C=O) groups excluding carboxylic acids is 4. The van der Waals surface area contributed by atoms with Gasteiger partial charge in [-0.2, -0.15) is 0 Å². The number of carbonyl (C=O) groups is 4. The molecule has 4 unspecified atom stereocenters. The van der Waals surface area contributed by atoms with E-state index < -0.39 is 83.3 Å². The molecule has 4 heterocycles. The van der Waals surface area contributed by atoms with Crippen molar-refractivity contribution in [3.05, 3.63) is 72.6 Å². The molecule has 352 valence electrons. The van der Waals surface area contributed by atoms with E-state index in [1.165, 1.54) is 7.11 Å². The summed E-state index contributed by atoms with van der Waals surface area (Å²) in [6.07, 6.45) is 4.51. The number of aromatic amines is 2. The number of nitrogens with zero attached hydrogens (tertiary/aromatic N) is 4. The van der Waals surface area contributed by atoms with E-state index in [2.05, 4.69) is 25.6 Å². The van der Waals surface area contributed by atoms with Gasteiger partial charge in [-0.15, -0.1) is 0 Å². The molecule has 15 nitrogen and oxygen atoms in total. The van der Waals surface area contributed by atoms with Gasteiger partial charge in [0.2, 0.25) is 11.8 Å². The summed E-state index contributed by atoms with van der Waals surface area (Å²) in [4.78, 5) is 73.0. The number of alkyl halides is 4. The van der Waals surface area contributed by atoms with Crippen LogP contribution in [0.3, 0.4) is 0 Å². The number of benzene rings is 2. The van der Waals surface area contributed by atoms with Gasteiger partial charge >= 0.3 is 12.2 Å². The van der Waals surface area contributed by atoms with Gasteiger partial charge in [-0.3, -0.25) is 9.59 Å². The van der Waals surface area contributed by atoms with Crippen LogP contribution in [0.15, 0.2) is 60.9 Å². The zero-order chi connectivity index (χ0) is 46.5. The maximum atomic E-state index is 14.3. The largest absolute Gasteiger partial charge is 0.453 e. The number of H-pyrrole nitrogens is 2. The highest BCUT2D eigenvalue weighted by molar-refractivity contribution is 5.89. The molecule has 2 aliphatic heterocycles. The Morgan fingerprint density at radius 2 is 1.07 bits per heavy atom. The highest BCUT2D eigenvalue weighted by atomic mass is 19.3. The van der Waals surface area contributed by atoms with Crippen LogP contribution in [-0.2, 0) is 19.1 Å². The van der Waals surface area contributed by atoms with Gasteiger partial charge in [0.25, 0.3) is 11.8 Å². The molecule has 2 saturated heterocycles. The lowest BCUT2D eigenvalue weighted by molar-refractivity contribution is -0.144. The summed E-state index contributed by atoms with van der Waals surface area (Å²) >= 11 is 0. The number of likely N-dealkylation sites (tertiary alicyclic amines) is 2. The third-order valence-electron chi connectivity index (χ3n) is 16.7. The maximum absolute atomic E-state index is 14.3. The van der Waals surface area contributed by atoms with Crippen molar-refractivity contribution < 1.29 is 51.3 Å². The predicted octanol–water partition coefficient (Wildman–Crippen LogP) is 6.60. The van der Waals surface area contributed by atoms with Crippen LogP contribution in [0, 0.1) is 41.4 Å². The molecule has 14 atom stereocenters. The predicted molar refractivity (Wildman–Crippen MR) is 229 cm³/mol. The Bertz CT molecular complexity index is 2650. The number of aromatic nitrogens is 4. The van der Waals surface area contributed by atoms with Crippen LogP contribution in [-0.4, -0.2) is 115 Å². The molecule has 19 heteroatoms. The summed E-state index contributed by atoms with van der Waals surface area (Å²) in [5.74, 6) is -8.61. The van der Waals surface area contributed by atoms with Gasteiger partial charge in [0, 0.05) is 35.8 Å². The lowest BCUT2D eigenvalue weighted by Crippen LogP contribution is -2.61. The van der Waals surface area contributed by atoms with Crippen LogP contribution in [0.1, 0.15) is 75.1 Å². The third kappa shape index (κ3) is 6.83. The number of imidazole rings is 2. The minimum Gasteiger partial charge on any atom is -0.453 e. The Morgan fingerprint density at radius 3 is 1.55 bits per heavy atom. The van der Waals surface area contributed by atoms with Gasteiger partial charge in [-0.25, -0.2) is 37.1 Å². The van der Waals surface area contributed by atoms with Crippen LogP contribution in [0.5, 0.6) is 0 Å². The number of rotatable bonds is 11. The molecule has 0 spiro atoms. The first-order chi connectivity index (χ1) is 32.1. The van der Waals surface area contributed by atoms with Gasteiger partial charge in [-0.05, 0) is 91.4 Å². The summed E-state index contributed by atoms with van der Waals surface area (Å²) in [5.41, 5.74) is 3.36. The van der Waals surface area contributed by atoms with E-state index in [0.717, 1.165) is 53.6 Å². The van der Waals surface area contributed by atoms with Crippen molar-refractivity contribution in [2.45, 2.75) is 105 Å². The highest BCUT2D eigenvalue weighted by Gasteiger charge is 2.77. The lowest BCUT2D eigenvalue weighted by atomic mass is 9.87. The second kappa shape index (κ2) is 14.8. The van der Waals surface area contributed by atoms with Crippen molar-refractivity contribution in [2.75, 3.05) is 14.2 Å². The monoisotopic (exact) mass is 926 g/mol. The third-order valence-corrected chi connectivity index (χ3v) is 16.7. The molecular weight excluding hydrogens is 877 g/mol. The van der Waals surface area contributed by atoms with E-state index in [-0.39, 0.29) is 55.6 Å². The zero-order valence-corrected chi connectivity index (χ0v) is 36.6. The molecule has 4 aromatic rings. The van der Waals surface area contributed by atoms with Crippen molar-refractivity contribution in [3.8, 4) is 33.6 Å². The summed E-state index contributed by atoms with van der Waals surface area (Å²) < 4.78 is 66.1. The molecule has 6 saturated carbocycles. The molecule has 5 N–H and O–H groups in total. The van der Waals surface area contributed by atoms with Crippen LogP contribution in [0.25, 0.3) is 33.6 Å². The fourth-order valence-electron chi connectivity index (χ4n) is 12.7. The van der Waals surface area contributed by atoms with E-state index >= 15 is 0 Å². The SMILES string of the molecule is COC(=O)NC(C(=O)N1[C@@H]2C[C@@H]2C[C@H]1c1ncc(-c2ccc(-c3ccc(-c4cnc([C@@H]5C[C@H]6C[C@H]6N5C(=O)C(NC(=O)OC)C5(O)C[C@@H]6[C@H](C5)C6(F)F)[nH]4)cc3)cc2)[nH]1)C1C[C@@H]2[C@H](C1)C2(F)F. The molecule has 0 bridgehead atoms. The number of amides is 4. The zero-order valence-electron chi connectivity index (χ0n) is 36.6. The first-order valence-electron chi connectivity index (χ1n) is 23.2. The average molecular weight is 927 g/mol. The van der Waals surface area contributed by atoms with E-state index in [1.807, 2.05) is 48.5 Å². The summed E-state index contributed by atoms with van der Waals surface area (Å²) in [5, 5.41) is 16.7. The van der Waals surface area contributed by atoms with E-state index in [1.54, 1.807) is 22.2 Å². The van der Waals surface area contributed by atoms with E-state index in [0.29, 0.717) is 30.4 Å².